The third-order valence-corrected chi connectivity index (χ3v) is 3.22. The van der Waals surface area contributed by atoms with Crippen molar-refractivity contribution in [3.63, 3.8) is 0 Å². The van der Waals surface area contributed by atoms with E-state index in [1.54, 1.807) is 18.3 Å². The second kappa shape index (κ2) is 6.38. The zero-order valence-corrected chi connectivity index (χ0v) is 11.7. The summed E-state index contributed by atoms with van der Waals surface area (Å²) in [5.41, 5.74) is 14.1. The van der Waals surface area contributed by atoms with Gasteiger partial charge in [0.2, 0.25) is 5.95 Å². The molecule has 21 heavy (non-hydrogen) atoms. The Bertz CT molecular complexity index is 621. The molecular formula is C14H18N4O3. The zero-order chi connectivity index (χ0) is 15.4. The Hall–Kier alpha value is -2.38. The number of aliphatic hydroxyl groups excluding tert-OH is 2. The van der Waals surface area contributed by atoms with E-state index in [4.69, 9.17) is 16.2 Å². The highest BCUT2D eigenvalue weighted by molar-refractivity contribution is 5.48. The summed E-state index contributed by atoms with van der Waals surface area (Å²) in [5.74, 6) is 0.966. The molecule has 0 spiro atoms. The van der Waals surface area contributed by atoms with Gasteiger partial charge < -0.3 is 26.4 Å². The molecule has 0 saturated heterocycles. The maximum Gasteiger partial charge on any atom is 0.221 e. The van der Waals surface area contributed by atoms with Crippen molar-refractivity contribution in [3.8, 4) is 5.75 Å². The van der Waals surface area contributed by atoms with E-state index in [9.17, 15) is 10.2 Å². The van der Waals surface area contributed by atoms with Gasteiger partial charge >= 0.3 is 0 Å². The van der Waals surface area contributed by atoms with E-state index in [1.165, 1.54) is 7.11 Å². The van der Waals surface area contributed by atoms with Crippen LogP contribution in [0.4, 0.5) is 11.8 Å². The largest absolute Gasteiger partial charge is 0.496 e. The van der Waals surface area contributed by atoms with Crippen molar-refractivity contribution in [1.82, 2.24) is 9.97 Å². The Morgan fingerprint density at radius 1 is 1.14 bits per heavy atom. The molecular weight excluding hydrogens is 272 g/mol. The molecule has 112 valence electrons. The monoisotopic (exact) mass is 290 g/mol. The molecule has 0 aliphatic rings. The maximum atomic E-state index is 9.42. The van der Waals surface area contributed by atoms with Crippen LogP contribution in [0.1, 0.15) is 22.3 Å². The number of ether oxygens (including phenoxy) is 1. The summed E-state index contributed by atoms with van der Waals surface area (Å²) in [5, 5.41) is 18.8. The first-order valence-electron chi connectivity index (χ1n) is 6.36. The second-order valence-electron chi connectivity index (χ2n) is 4.57. The molecule has 1 aromatic carbocycles. The minimum absolute atomic E-state index is 0.125. The first kappa shape index (κ1) is 15.0. The quantitative estimate of drug-likeness (QED) is 0.620. The Kier molecular flexibility index (Phi) is 4.56. The molecule has 7 nitrogen and oxygen atoms in total. The van der Waals surface area contributed by atoms with E-state index in [1.807, 2.05) is 0 Å². The topological polar surface area (TPSA) is 128 Å². The first-order chi connectivity index (χ1) is 10.1. The first-order valence-corrected chi connectivity index (χ1v) is 6.36. The zero-order valence-electron chi connectivity index (χ0n) is 11.7. The standard InChI is InChI=1S/C14H18N4O3/c1-21-12-4-8(3-10(6-19)11(12)7-20)2-9-5-17-14(16)18-13(9)15/h3-5,19-20H,2,6-7H2,1H3,(H4,15,16,17,18). The highest BCUT2D eigenvalue weighted by Gasteiger charge is 2.12. The molecule has 1 heterocycles. The highest BCUT2D eigenvalue weighted by atomic mass is 16.5. The molecule has 2 rings (SSSR count). The molecule has 2 aromatic rings. The molecule has 0 unspecified atom stereocenters. The van der Waals surface area contributed by atoms with Crippen molar-refractivity contribution in [3.05, 3.63) is 40.6 Å². The molecule has 7 heteroatoms. The van der Waals surface area contributed by atoms with E-state index < -0.39 is 0 Å². The molecule has 1 aromatic heterocycles. The molecule has 0 radical (unpaired) electrons. The fourth-order valence-corrected chi connectivity index (χ4v) is 2.16. The number of aromatic nitrogens is 2. The number of nitrogens with two attached hydrogens (primary N) is 2. The Morgan fingerprint density at radius 2 is 1.90 bits per heavy atom. The van der Waals surface area contributed by atoms with Crippen molar-refractivity contribution in [1.29, 1.82) is 0 Å². The fourth-order valence-electron chi connectivity index (χ4n) is 2.16. The number of methoxy groups -OCH3 is 1. The van der Waals surface area contributed by atoms with Crippen LogP contribution in [0.15, 0.2) is 18.3 Å². The number of rotatable bonds is 5. The van der Waals surface area contributed by atoms with Gasteiger partial charge in [-0.1, -0.05) is 6.07 Å². The molecule has 0 atom stereocenters. The van der Waals surface area contributed by atoms with Crippen LogP contribution in [0.2, 0.25) is 0 Å². The molecule has 0 saturated carbocycles. The van der Waals surface area contributed by atoms with E-state index in [0.717, 1.165) is 11.1 Å². The normalized spacial score (nSPS) is 10.6. The number of nitrogen functional groups attached to an aromatic ring is 2. The minimum Gasteiger partial charge on any atom is -0.496 e. The Morgan fingerprint density at radius 3 is 2.48 bits per heavy atom. The summed E-state index contributed by atoms with van der Waals surface area (Å²) in [6, 6.07) is 3.59. The molecule has 0 fully saturated rings. The van der Waals surface area contributed by atoms with Crippen molar-refractivity contribution >= 4 is 11.8 Å². The van der Waals surface area contributed by atoms with Gasteiger partial charge in [0.15, 0.2) is 0 Å². The van der Waals surface area contributed by atoms with Gasteiger partial charge in [0.25, 0.3) is 0 Å². The number of aliphatic hydroxyl groups is 2. The number of nitrogens with zero attached hydrogens (tertiary/aromatic N) is 2. The van der Waals surface area contributed by atoms with Crippen LogP contribution in [0.5, 0.6) is 5.75 Å². The number of benzene rings is 1. The lowest BCUT2D eigenvalue weighted by atomic mass is 9.99. The van der Waals surface area contributed by atoms with Crippen LogP contribution in [-0.4, -0.2) is 27.3 Å². The maximum absolute atomic E-state index is 9.42. The van der Waals surface area contributed by atoms with Gasteiger partial charge in [0.1, 0.15) is 11.6 Å². The minimum atomic E-state index is -0.202. The lowest BCUT2D eigenvalue weighted by Crippen LogP contribution is -2.05. The van der Waals surface area contributed by atoms with E-state index in [2.05, 4.69) is 9.97 Å². The predicted molar refractivity (Wildman–Crippen MR) is 78.5 cm³/mol. The molecule has 0 bridgehead atoms. The predicted octanol–water partition coefficient (Wildman–Crippen LogP) is 0.225. The van der Waals surface area contributed by atoms with Gasteiger partial charge in [-0.3, -0.25) is 0 Å². The SMILES string of the molecule is COc1cc(Cc2cnc(N)nc2N)cc(CO)c1CO. The van der Waals surface area contributed by atoms with Gasteiger partial charge in [-0.05, 0) is 17.2 Å². The van der Waals surface area contributed by atoms with E-state index in [0.29, 0.717) is 29.1 Å². The number of hydrogen-bond donors (Lipinski definition) is 4. The van der Waals surface area contributed by atoms with Gasteiger partial charge in [0, 0.05) is 23.7 Å². The third-order valence-electron chi connectivity index (χ3n) is 3.22. The lowest BCUT2D eigenvalue weighted by Gasteiger charge is -2.14. The third kappa shape index (κ3) is 3.21. The fraction of sp³-hybridized carbons (Fsp3) is 0.286. The van der Waals surface area contributed by atoms with Crippen LogP contribution in [0.3, 0.4) is 0 Å². The van der Waals surface area contributed by atoms with Crippen molar-refractivity contribution in [2.45, 2.75) is 19.6 Å². The smallest absolute Gasteiger partial charge is 0.221 e. The molecule has 0 aliphatic heterocycles. The van der Waals surface area contributed by atoms with Crippen LogP contribution in [0, 0.1) is 0 Å². The second-order valence-corrected chi connectivity index (χ2v) is 4.57. The summed E-state index contributed by atoms with van der Waals surface area (Å²) >= 11 is 0. The average Bonchev–Trinajstić information content (AvgIpc) is 2.49. The van der Waals surface area contributed by atoms with Crippen molar-refractivity contribution < 1.29 is 14.9 Å². The molecule has 0 amide bonds. The Labute approximate surface area is 122 Å². The van der Waals surface area contributed by atoms with Gasteiger partial charge in [-0.15, -0.1) is 0 Å². The summed E-state index contributed by atoms with van der Waals surface area (Å²) in [6.45, 7) is -0.389. The average molecular weight is 290 g/mol. The summed E-state index contributed by atoms with van der Waals surface area (Å²) in [6.07, 6.45) is 2.05. The highest BCUT2D eigenvalue weighted by Crippen LogP contribution is 2.27. The van der Waals surface area contributed by atoms with Crippen LogP contribution in [-0.2, 0) is 19.6 Å². The Balaban J connectivity index is 2.40. The number of hydrogen-bond acceptors (Lipinski definition) is 7. The van der Waals surface area contributed by atoms with Crippen molar-refractivity contribution in [2.75, 3.05) is 18.6 Å². The summed E-state index contributed by atoms with van der Waals surface area (Å²) in [4.78, 5) is 7.83. The van der Waals surface area contributed by atoms with Gasteiger partial charge in [0.05, 0.1) is 20.3 Å². The number of anilines is 2. The van der Waals surface area contributed by atoms with E-state index in [-0.39, 0.29) is 19.2 Å². The van der Waals surface area contributed by atoms with Crippen LogP contribution in [0.25, 0.3) is 0 Å². The molecule has 0 aliphatic carbocycles. The summed E-state index contributed by atoms with van der Waals surface area (Å²) < 4.78 is 5.25. The van der Waals surface area contributed by atoms with Crippen LogP contribution >= 0.6 is 0 Å². The lowest BCUT2D eigenvalue weighted by molar-refractivity contribution is 0.254. The van der Waals surface area contributed by atoms with Crippen LogP contribution < -0.4 is 16.2 Å². The van der Waals surface area contributed by atoms with E-state index >= 15 is 0 Å². The van der Waals surface area contributed by atoms with Crippen molar-refractivity contribution in [2.24, 2.45) is 0 Å². The van der Waals surface area contributed by atoms with Gasteiger partial charge in [-0.2, -0.15) is 4.98 Å². The van der Waals surface area contributed by atoms with Gasteiger partial charge in [-0.25, -0.2) is 4.98 Å². The molecule has 6 N–H and O–H groups in total. The summed E-state index contributed by atoms with van der Waals surface area (Å²) in [7, 11) is 1.51.